The van der Waals surface area contributed by atoms with Crippen LogP contribution >= 0.6 is 23.2 Å². The van der Waals surface area contributed by atoms with Gasteiger partial charge in [0.05, 0.1) is 37.5 Å². The first-order chi connectivity index (χ1) is 20.9. The summed E-state index contributed by atoms with van der Waals surface area (Å²) in [7, 11) is 3.06. The van der Waals surface area contributed by atoms with E-state index in [9.17, 15) is 4.79 Å². The molecule has 0 saturated carbocycles. The maximum absolute atomic E-state index is 12.4. The molecular weight excluding hydrogens is 591 g/mol. The maximum atomic E-state index is 12.4. The Morgan fingerprint density at radius 2 is 1.81 bits per heavy atom. The molecule has 4 heterocycles. The third-order valence-corrected chi connectivity index (χ3v) is 8.10. The van der Waals surface area contributed by atoms with Gasteiger partial charge in [0.1, 0.15) is 17.1 Å². The number of carbonyl (C=O) groups excluding carboxylic acids is 1. The molecule has 0 amide bonds. The van der Waals surface area contributed by atoms with Crippen molar-refractivity contribution in [1.29, 1.82) is 0 Å². The molecule has 220 valence electrons. The largest absolute Gasteiger partial charge is 0.495 e. The predicted molar refractivity (Wildman–Crippen MR) is 169 cm³/mol. The summed E-state index contributed by atoms with van der Waals surface area (Å²) in [6.45, 7) is 6.55. The van der Waals surface area contributed by atoms with E-state index in [1.54, 1.807) is 18.5 Å². The zero-order chi connectivity index (χ0) is 30.1. The summed E-state index contributed by atoms with van der Waals surface area (Å²) in [6.07, 6.45) is 6.72. The maximum Gasteiger partial charge on any atom is 0.229 e. The minimum atomic E-state index is -0.0826. The third-order valence-electron chi connectivity index (χ3n) is 7.35. The van der Waals surface area contributed by atoms with Crippen LogP contribution in [0.25, 0.3) is 27.8 Å². The normalized spacial score (nSPS) is 13.3. The Bertz CT molecular complexity index is 1840. The van der Waals surface area contributed by atoms with Crippen LogP contribution in [-0.4, -0.2) is 65.7 Å². The summed E-state index contributed by atoms with van der Waals surface area (Å²) in [5.74, 6) is 1.12. The molecule has 1 saturated heterocycles. The van der Waals surface area contributed by atoms with Gasteiger partial charge in [-0.15, -0.1) is 0 Å². The van der Waals surface area contributed by atoms with Gasteiger partial charge in [0.2, 0.25) is 5.95 Å². The lowest BCUT2D eigenvalue weighted by molar-refractivity contribution is -0.114. The lowest BCUT2D eigenvalue weighted by atomic mass is 10.0. The van der Waals surface area contributed by atoms with Crippen LogP contribution in [0.5, 0.6) is 11.5 Å². The number of pyridine rings is 1. The second-order valence-corrected chi connectivity index (χ2v) is 10.6. The average molecular weight is 620 g/mol. The van der Waals surface area contributed by atoms with Crippen molar-refractivity contribution in [2.75, 3.05) is 50.7 Å². The van der Waals surface area contributed by atoms with Gasteiger partial charge in [0.15, 0.2) is 11.4 Å². The van der Waals surface area contributed by atoms with Gasteiger partial charge in [-0.05, 0) is 35.9 Å². The molecule has 0 spiro atoms. The van der Waals surface area contributed by atoms with E-state index in [-0.39, 0.29) is 12.2 Å². The number of carbonyl (C=O) groups is 1. The van der Waals surface area contributed by atoms with Gasteiger partial charge in [-0.1, -0.05) is 29.8 Å². The topological polar surface area (TPSA) is 103 Å². The number of anilines is 3. The van der Waals surface area contributed by atoms with E-state index in [1.165, 1.54) is 20.3 Å². The van der Waals surface area contributed by atoms with Crippen LogP contribution in [-0.2, 0) is 16.0 Å². The SMILES string of the molecule is C=CC(=O)Cc1cc(N2CCOCC2)ccc1Nc1ncc2cc(-c3c(Cl)c(OC)cc(OC)c3Cl)c3nccn3c2n1. The Morgan fingerprint density at radius 1 is 1.07 bits per heavy atom. The van der Waals surface area contributed by atoms with E-state index in [1.807, 2.05) is 34.9 Å². The minimum absolute atomic E-state index is 0.0826. The van der Waals surface area contributed by atoms with Crippen molar-refractivity contribution in [3.8, 4) is 22.6 Å². The van der Waals surface area contributed by atoms with Crippen LogP contribution in [0.3, 0.4) is 0 Å². The number of benzene rings is 2. The molecular formula is C31H28Cl2N6O4. The summed E-state index contributed by atoms with van der Waals surface area (Å²) in [6, 6.07) is 9.52. The fourth-order valence-corrected chi connectivity index (χ4v) is 5.89. The highest BCUT2D eigenvalue weighted by Gasteiger charge is 2.23. The van der Waals surface area contributed by atoms with Crippen molar-refractivity contribution < 1.29 is 19.0 Å². The van der Waals surface area contributed by atoms with Gasteiger partial charge < -0.3 is 24.4 Å². The van der Waals surface area contributed by atoms with Crippen molar-refractivity contribution in [3.05, 3.63) is 77.2 Å². The number of allylic oxidation sites excluding steroid dienone is 1. The number of ether oxygens (including phenoxy) is 3. The first kappa shape index (κ1) is 28.7. The summed E-state index contributed by atoms with van der Waals surface area (Å²) in [4.78, 5) is 28.6. The Kier molecular flexibility index (Phi) is 8.07. The van der Waals surface area contributed by atoms with E-state index in [2.05, 4.69) is 26.8 Å². The van der Waals surface area contributed by atoms with Crippen molar-refractivity contribution in [2.24, 2.45) is 0 Å². The van der Waals surface area contributed by atoms with Crippen LogP contribution in [0.15, 0.2) is 61.6 Å². The molecule has 1 aliphatic rings. The van der Waals surface area contributed by atoms with Gasteiger partial charge >= 0.3 is 0 Å². The fourth-order valence-electron chi connectivity index (χ4n) is 5.18. The molecule has 1 fully saturated rings. The van der Waals surface area contributed by atoms with Crippen LogP contribution in [0.2, 0.25) is 10.0 Å². The van der Waals surface area contributed by atoms with E-state index in [4.69, 9.17) is 42.4 Å². The highest BCUT2D eigenvalue weighted by Crippen LogP contribution is 2.47. The van der Waals surface area contributed by atoms with Crippen LogP contribution < -0.4 is 19.7 Å². The number of imidazole rings is 1. The molecule has 0 atom stereocenters. The lowest BCUT2D eigenvalue weighted by Crippen LogP contribution is -2.36. The van der Waals surface area contributed by atoms with E-state index < -0.39 is 0 Å². The quantitative estimate of drug-likeness (QED) is 0.195. The zero-order valence-electron chi connectivity index (χ0n) is 23.6. The number of ketones is 1. The predicted octanol–water partition coefficient (Wildman–Crippen LogP) is 6.15. The molecule has 1 aliphatic heterocycles. The number of morpholine rings is 1. The van der Waals surface area contributed by atoms with Gasteiger partial charge in [-0.25, -0.2) is 9.97 Å². The van der Waals surface area contributed by atoms with Crippen molar-refractivity contribution >= 4 is 63.0 Å². The van der Waals surface area contributed by atoms with Gasteiger partial charge in [-0.2, -0.15) is 4.98 Å². The van der Waals surface area contributed by atoms with Crippen LogP contribution in [0.1, 0.15) is 5.56 Å². The van der Waals surface area contributed by atoms with Crippen LogP contribution in [0.4, 0.5) is 17.3 Å². The summed E-state index contributed by atoms with van der Waals surface area (Å²) in [5.41, 5.74) is 4.96. The molecule has 1 N–H and O–H groups in total. The third kappa shape index (κ3) is 5.45. The number of hydrogen-bond acceptors (Lipinski definition) is 9. The number of fused-ring (bicyclic) bond motifs is 3. The molecule has 10 nitrogen and oxygen atoms in total. The number of methoxy groups -OCH3 is 2. The first-order valence-electron chi connectivity index (χ1n) is 13.5. The number of rotatable bonds is 9. The second-order valence-electron chi connectivity index (χ2n) is 9.85. The number of hydrogen-bond donors (Lipinski definition) is 1. The minimum Gasteiger partial charge on any atom is -0.495 e. The lowest BCUT2D eigenvalue weighted by Gasteiger charge is -2.29. The van der Waals surface area contributed by atoms with Gasteiger partial charge in [-0.3, -0.25) is 9.20 Å². The standard InChI is InChI=1S/C31H28Cl2N6O4/c1-4-21(40)14-18-13-20(38-9-11-43-12-10-38)5-6-23(18)36-31-35-17-19-15-22(30-34-7-8-39(30)29(19)37-31)26-27(32)24(41-2)16-25(42-3)28(26)33/h4-8,13,15-17H,1,9-12,14H2,2-3H3,(H,35,36,37). The molecule has 0 bridgehead atoms. The Labute approximate surface area is 257 Å². The smallest absolute Gasteiger partial charge is 0.229 e. The van der Waals surface area contributed by atoms with Crippen molar-refractivity contribution in [3.63, 3.8) is 0 Å². The Morgan fingerprint density at radius 3 is 2.51 bits per heavy atom. The molecule has 12 heteroatoms. The highest BCUT2D eigenvalue weighted by molar-refractivity contribution is 6.41. The molecule has 0 unspecified atom stereocenters. The molecule has 0 aliphatic carbocycles. The first-order valence-corrected chi connectivity index (χ1v) is 14.3. The molecule has 0 radical (unpaired) electrons. The highest BCUT2D eigenvalue weighted by atomic mass is 35.5. The number of aromatic nitrogens is 4. The Balaban J connectivity index is 1.42. The number of nitrogens with one attached hydrogen (secondary N) is 1. The molecule has 43 heavy (non-hydrogen) atoms. The Hall–Kier alpha value is -4.38. The van der Waals surface area contributed by atoms with E-state index in [0.717, 1.165) is 35.4 Å². The second kappa shape index (κ2) is 12.1. The van der Waals surface area contributed by atoms with E-state index in [0.29, 0.717) is 63.1 Å². The molecule has 6 rings (SSSR count). The number of halogens is 2. The van der Waals surface area contributed by atoms with Gasteiger partial charge in [0, 0.05) is 72.1 Å². The zero-order valence-corrected chi connectivity index (χ0v) is 25.1. The van der Waals surface area contributed by atoms with Crippen molar-refractivity contribution in [1.82, 2.24) is 19.4 Å². The summed E-state index contributed by atoms with van der Waals surface area (Å²) >= 11 is 13.5. The molecule has 2 aromatic carbocycles. The monoisotopic (exact) mass is 618 g/mol. The molecule has 5 aromatic rings. The summed E-state index contributed by atoms with van der Waals surface area (Å²) < 4.78 is 18.3. The van der Waals surface area contributed by atoms with Crippen LogP contribution in [0, 0.1) is 0 Å². The van der Waals surface area contributed by atoms with E-state index >= 15 is 0 Å². The van der Waals surface area contributed by atoms with Crippen molar-refractivity contribution in [2.45, 2.75) is 6.42 Å². The summed E-state index contributed by atoms with van der Waals surface area (Å²) in [5, 5.41) is 4.71. The fraction of sp³-hybridized carbons (Fsp3) is 0.226. The molecule has 3 aromatic heterocycles. The van der Waals surface area contributed by atoms with Gasteiger partial charge in [0.25, 0.3) is 0 Å². The number of nitrogens with zero attached hydrogens (tertiary/aromatic N) is 5. The average Bonchev–Trinajstić information content (AvgIpc) is 3.53.